The molecule has 15 nitrogen and oxygen atoms in total. The van der Waals surface area contributed by atoms with Crippen LogP contribution in [-0.4, -0.2) is 105 Å². The number of nitriles is 1. The second-order valence-electron chi connectivity index (χ2n) is 14.1. The van der Waals surface area contributed by atoms with Gasteiger partial charge >= 0.3 is 6.03 Å². The summed E-state index contributed by atoms with van der Waals surface area (Å²) in [6.45, 7) is 11.4. The molecule has 0 aromatic carbocycles. The Balaban J connectivity index is 0.853. The summed E-state index contributed by atoms with van der Waals surface area (Å²) < 4.78 is 1.80. The van der Waals surface area contributed by atoms with Crippen molar-refractivity contribution in [3.8, 4) is 28.0 Å². The van der Waals surface area contributed by atoms with Crippen molar-refractivity contribution in [3.05, 3.63) is 60.6 Å². The average Bonchev–Trinajstić information content (AvgIpc) is 3.83. The van der Waals surface area contributed by atoms with E-state index in [9.17, 15) is 14.9 Å². The van der Waals surface area contributed by atoms with Crippen molar-refractivity contribution in [2.24, 2.45) is 5.92 Å². The highest BCUT2D eigenvalue weighted by Gasteiger charge is 2.28. The number of anilines is 4. The van der Waals surface area contributed by atoms with Gasteiger partial charge in [0.15, 0.2) is 5.01 Å². The van der Waals surface area contributed by atoms with Gasteiger partial charge < -0.3 is 15.1 Å². The number of nitrogens with one attached hydrogen (secondary N) is 2. The Morgan fingerprint density at radius 2 is 1.77 bits per heavy atom. The normalized spacial score (nSPS) is 17.4. The van der Waals surface area contributed by atoms with Crippen LogP contribution in [0.15, 0.2) is 55.0 Å². The van der Waals surface area contributed by atoms with Crippen molar-refractivity contribution in [2.45, 2.75) is 39.2 Å². The molecule has 5 aromatic heterocycles. The molecule has 0 radical (unpaired) electrons. The Morgan fingerprint density at radius 1 is 0.943 bits per heavy atom. The van der Waals surface area contributed by atoms with Crippen molar-refractivity contribution >= 4 is 51.1 Å². The number of imide groups is 1. The lowest BCUT2D eigenvalue weighted by Crippen LogP contribution is -2.49. The number of urea groups is 1. The molecule has 3 amide bonds. The second-order valence-corrected chi connectivity index (χ2v) is 15.0. The molecule has 0 saturated carbocycles. The summed E-state index contributed by atoms with van der Waals surface area (Å²) in [5.74, 6) is 1.32. The SMILES string of the molecule is CC(C)Nc1cc(-c2ccc3cc(C#N)cnn23)ncc1-c1nnc(N2CCN(CC3CCN(c4ccc(N5CCC(=O)NC5=O)cn4)CC3)CC2)s1. The molecule has 0 aliphatic carbocycles. The molecule has 53 heavy (non-hydrogen) atoms. The van der Waals surface area contributed by atoms with Gasteiger partial charge in [-0.3, -0.25) is 24.9 Å². The predicted molar refractivity (Wildman–Crippen MR) is 204 cm³/mol. The second kappa shape index (κ2) is 14.8. The first-order valence-corrected chi connectivity index (χ1v) is 18.9. The van der Waals surface area contributed by atoms with Crippen LogP contribution in [-0.2, 0) is 4.79 Å². The number of carbonyl (C=O) groups excluding carboxylic acids is 2. The van der Waals surface area contributed by atoms with Crippen molar-refractivity contribution in [2.75, 3.05) is 72.4 Å². The summed E-state index contributed by atoms with van der Waals surface area (Å²) in [5.41, 5.74) is 5.53. The quantitative estimate of drug-likeness (QED) is 0.219. The van der Waals surface area contributed by atoms with Gasteiger partial charge in [-0.2, -0.15) is 10.4 Å². The molecule has 3 fully saturated rings. The molecular formula is C37H41N13O2S. The Hall–Kier alpha value is -5.66. The molecular weight excluding hydrogens is 691 g/mol. The van der Waals surface area contributed by atoms with Gasteiger partial charge in [0.05, 0.1) is 46.1 Å². The summed E-state index contributed by atoms with van der Waals surface area (Å²) in [6.07, 6.45) is 7.67. The van der Waals surface area contributed by atoms with Crippen molar-refractivity contribution < 1.29 is 9.59 Å². The highest BCUT2D eigenvalue weighted by molar-refractivity contribution is 7.18. The predicted octanol–water partition coefficient (Wildman–Crippen LogP) is 4.49. The van der Waals surface area contributed by atoms with Crippen LogP contribution in [0.5, 0.6) is 0 Å². The van der Waals surface area contributed by atoms with E-state index < -0.39 is 6.03 Å². The first-order chi connectivity index (χ1) is 25.8. The van der Waals surface area contributed by atoms with Crippen LogP contribution in [0, 0.1) is 17.2 Å². The maximum atomic E-state index is 12.2. The number of hydrogen-bond acceptors (Lipinski definition) is 13. The number of hydrogen-bond donors (Lipinski definition) is 2. The maximum absolute atomic E-state index is 12.2. The van der Waals surface area contributed by atoms with Crippen LogP contribution in [0.4, 0.5) is 27.1 Å². The molecule has 3 saturated heterocycles. The zero-order valence-corrected chi connectivity index (χ0v) is 30.6. The molecule has 5 aromatic rings. The average molecular weight is 732 g/mol. The van der Waals surface area contributed by atoms with Crippen LogP contribution >= 0.6 is 11.3 Å². The van der Waals surface area contributed by atoms with Crippen molar-refractivity contribution in [3.63, 3.8) is 0 Å². The van der Waals surface area contributed by atoms with Gasteiger partial charge in [-0.05, 0) is 69.0 Å². The van der Waals surface area contributed by atoms with Crippen LogP contribution < -0.4 is 25.3 Å². The standard InChI is InChI=1S/C37H41N13O2S/c1-24(2)42-30-18-31(32-5-3-27-17-26(19-38)20-41-50(27)32)39-22-29(30)35-44-45-37(53-35)48-15-13-46(14-16-48)23-25-7-10-47(11-8-25)33-6-4-28(21-40-33)49-12-9-34(51)43-36(49)52/h3-6,17-18,20-22,24-25H,7-16,23H2,1-2H3,(H,39,42)(H,43,51,52). The largest absolute Gasteiger partial charge is 0.382 e. The molecule has 0 spiro atoms. The number of piperidine rings is 1. The Bertz CT molecular complexity index is 2160. The minimum absolute atomic E-state index is 0.200. The third-order valence-corrected chi connectivity index (χ3v) is 11.1. The lowest BCUT2D eigenvalue weighted by molar-refractivity contribution is -0.120. The van der Waals surface area contributed by atoms with E-state index in [-0.39, 0.29) is 11.9 Å². The Kier molecular flexibility index (Phi) is 9.59. The molecule has 8 rings (SSSR count). The van der Waals surface area contributed by atoms with Crippen LogP contribution in [0.2, 0.25) is 0 Å². The first-order valence-electron chi connectivity index (χ1n) is 18.1. The molecule has 272 valence electrons. The zero-order chi connectivity index (χ0) is 36.5. The fourth-order valence-corrected chi connectivity index (χ4v) is 8.19. The molecule has 3 aliphatic heterocycles. The summed E-state index contributed by atoms with van der Waals surface area (Å²) in [7, 11) is 0. The van der Waals surface area contributed by atoms with Gasteiger partial charge in [-0.25, -0.2) is 14.3 Å². The number of carbonyl (C=O) groups is 2. The number of nitrogens with zero attached hydrogens (tertiary/aromatic N) is 11. The van der Waals surface area contributed by atoms with E-state index in [0.717, 1.165) is 103 Å². The van der Waals surface area contributed by atoms with Crippen molar-refractivity contribution in [1.82, 2.24) is 40.0 Å². The minimum atomic E-state index is -0.391. The van der Waals surface area contributed by atoms with E-state index in [1.165, 1.54) is 0 Å². The fraction of sp³-hybridized carbons (Fsp3) is 0.405. The molecule has 3 aliphatic rings. The lowest BCUT2D eigenvalue weighted by Gasteiger charge is -2.39. The third-order valence-electron chi connectivity index (χ3n) is 10.1. The maximum Gasteiger partial charge on any atom is 0.328 e. The summed E-state index contributed by atoms with van der Waals surface area (Å²) in [5, 5.41) is 30.7. The van der Waals surface area contributed by atoms with Gasteiger partial charge in [0, 0.05) is 76.7 Å². The van der Waals surface area contributed by atoms with E-state index in [1.54, 1.807) is 33.1 Å². The first kappa shape index (κ1) is 34.4. The number of fused-ring (bicyclic) bond motifs is 1. The van der Waals surface area contributed by atoms with Gasteiger partial charge in [-0.15, -0.1) is 10.2 Å². The van der Waals surface area contributed by atoms with E-state index in [4.69, 9.17) is 4.98 Å². The summed E-state index contributed by atoms with van der Waals surface area (Å²) in [4.78, 5) is 41.9. The number of aromatic nitrogens is 6. The topological polar surface area (TPSA) is 164 Å². The monoisotopic (exact) mass is 731 g/mol. The smallest absolute Gasteiger partial charge is 0.328 e. The molecule has 16 heteroatoms. The number of pyridine rings is 2. The Labute approximate surface area is 311 Å². The summed E-state index contributed by atoms with van der Waals surface area (Å²) in [6, 6.07) is 13.6. The third kappa shape index (κ3) is 7.35. The highest BCUT2D eigenvalue weighted by atomic mass is 32.1. The minimum Gasteiger partial charge on any atom is -0.382 e. The molecule has 0 unspecified atom stereocenters. The van der Waals surface area contributed by atoms with Gasteiger partial charge in [-0.1, -0.05) is 11.3 Å². The van der Waals surface area contributed by atoms with E-state index >= 15 is 0 Å². The fourth-order valence-electron chi connectivity index (χ4n) is 7.27. The van der Waals surface area contributed by atoms with Crippen LogP contribution in [0.25, 0.3) is 27.5 Å². The molecule has 2 N–H and O–H groups in total. The van der Waals surface area contributed by atoms with Gasteiger partial charge in [0.25, 0.3) is 0 Å². The van der Waals surface area contributed by atoms with E-state index in [0.29, 0.717) is 30.1 Å². The van der Waals surface area contributed by atoms with Gasteiger partial charge in [0.2, 0.25) is 11.0 Å². The van der Waals surface area contributed by atoms with E-state index in [1.807, 2.05) is 42.6 Å². The summed E-state index contributed by atoms with van der Waals surface area (Å²) >= 11 is 1.60. The number of amides is 3. The number of piperazine rings is 1. The van der Waals surface area contributed by atoms with Crippen molar-refractivity contribution in [1.29, 1.82) is 5.26 Å². The van der Waals surface area contributed by atoms with Gasteiger partial charge in [0.1, 0.15) is 11.9 Å². The van der Waals surface area contributed by atoms with E-state index in [2.05, 4.69) is 65.5 Å². The van der Waals surface area contributed by atoms with Crippen LogP contribution in [0.1, 0.15) is 38.7 Å². The zero-order valence-electron chi connectivity index (χ0n) is 29.8. The molecule has 0 bridgehead atoms. The van der Waals surface area contributed by atoms with Crippen LogP contribution in [0.3, 0.4) is 0 Å². The number of rotatable bonds is 9. The molecule has 0 atom stereocenters. The molecule has 8 heterocycles. The Morgan fingerprint density at radius 3 is 2.51 bits per heavy atom. The highest BCUT2D eigenvalue weighted by Crippen LogP contribution is 2.36. The lowest BCUT2D eigenvalue weighted by atomic mass is 9.96.